The van der Waals surface area contributed by atoms with Crippen LogP contribution in [0.4, 0.5) is 0 Å². The normalized spacial score (nSPS) is 23.4. The Bertz CT molecular complexity index is 472. The summed E-state index contributed by atoms with van der Waals surface area (Å²) in [6.07, 6.45) is 3.49. The molecular formula is C15H22N2O2S. The minimum Gasteiger partial charge on any atom is -0.351 e. The predicted molar refractivity (Wildman–Crippen MR) is 80.5 cm³/mol. The van der Waals surface area contributed by atoms with Gasteiger partial charge in [0.05, 0.1) is 6.04 Å². The van der Waals surface area contributed by atoms with Gasteiger partial charge in [-0.1, -0.05) is 13.0 Å². The van der Waals surface area contributed by atoms with Crippen LogP contribution < -0.4 is 10.6 Å². The second-order valence-electron chi connectivity index (χ2n) is 5.49. The van der Waals surface area contributed by atoms with Crippen molar-refractivity contribution in [3.63, 3.8) is 0 Å². The second-order valence-corrected chi connectivity index (χ2v) is 6.47. The van der Waals surface area contributed by atoms with Gasteiger partial charge in [0.2, 0.25) is 11.8 Å². The first-order valence-electron chi connectivity index (χ1n) is 7.18. The molecule has 1 fully saturated rings. The summed E-state index contributed by atoms with van der Waals surface area (Å²) in [5.41, 5.74) is -0.166. The van der Waals surface area contributed by atoms with Gasteiger partial charge in [0.15, 0.2) is 0 Å². The van der Waals surface area contributed by atoms with E-state index in [0.29, 0.717) is 12.8 Å². The third-order valence-electron chi connectivity index (χ3n) is 4.09. The van der Waals surface area contributed by atoms with E-state index in [0.717, 1.165) is 24.1 Å². The molecule has 0 aromatic carbocycles. The summed E-state index contributed by atoms with van der Waals surface area (Å²) < 4.78 is 0. The molecule has 1 aromatic rings. The Morgan fingerprint density at radius 2 is 2.40 bits per heavy atom. The molecule has 1 aliphatic heterocycles. The van der Waals surface area contributed by atoms with Crippen molar-refractivity contribution in [2.45, 2.75) is 57.5 Å². The molecule has 1 aliphatic rings. The average molecular weight is 294 g/mol. The van der Waals surface area contributed by atoms with Crippen LogP contribution in [0.1, 0.15) is 56.9 Å². The van der Waals surface area contributed by atoms with E-state index in [-0.39, 0.29) is 23.4 Å². The van der Waals surface area contributed by atoms with Gasteiger partial charge in [-0.25, -0.2) is 0 Å². The number of hydrogen-bond acceptors (Lipinski definition) is 3. The van der Waals surface area contributed by atoms with Gasteiger partial charge in [-0.05, 0) is 37.6 Å². The summed E-state index contributed by atoms with van der Waals surface area (Å²) in [7, 11) is 0. The summed E-state index contributed by atoms with van der Waals surface area (Å²) in [4.78, 5) is 24.6. The monoisotopic (exact) mass is 294 g/mol. The number of nitrogens with one attached hydrogen (secondary N) is 2. The zero-order chi connectivity index (χ0) is 14.6. The van der Waals surface area contributed by atoms with Gasteiger partial charge >= 0.3 is 0 Å². The van der Waals surface area contributed by atoms with Crippen LogP contribution in [0.3, 0.4) is 0 Å². The van der Waals surface area contributed by atoms with Crippen LogP contribution in [-0.4, -0.2) is 17.4 Å². The SMILES string of the molecule is CCC1(CCC(=O)NC(C)c2cccs2)CCC(=O)N1. The van der Waals surface area contributed by atoms with Gasteiger partial charge in [-0.2, -0.15) is 0 Å². The molecule has 2 heterocycles. The number of carbonyl (C=O) groups is 2. The molecule has 4 nitrogen and oxygen atoms in total. The summed E-state index contributed by atoms with van der Waals surface area (Å²) in [6.45, 7) is 4.06. The van der Waals surface area contributed by atoms with E-state index < -0.39 is 0 Å². The molecule has 0 bridgehead atoms. The molecule has 0 aliphatic carbocycles. The van der Waals surface area contributed by atoms with E-state index in [4.69, 9.17) is 0 Å². The molecular weight excluding hydrogens is 272 g/mol. The molecule has 2 rings (SSSR count). The van der Waals surface area contributed by atoms with Crippen molar-refractivity contribution in [2.24, 2.45) is 0 Å². The smallest absolute Gasteiger partial charge is 0.220 e. The molecule has 0 spiro atoms. The number of carbonyl (C=O) groups excluding carboxylic acids is 2. The highest BCUT2D eigenvalue weighted by molar-refractivity contribution is 7.10. The van der Waals surface area contributed by atoms with Gasteiger partial charge in [0.1, 0.15) is 0 Å². The summed E-state index contributed by atoms with van der Waals surface area (Å²) in [6, 6.07) is 4.07. The third kappa shape index (κ3) is 3.60. The maximum atomic E-state index is 12.0. The Morgan fingerprint density at radius 1 is 1.60 bits per heavy atom. The molecule has 20 heavy (non-hydrogen) atoms. The fourth-order valence-corrected chi connectivity index (χ4v) is 3.41. The highest BCUT2D eigenvalue weighted by atomic mass is 32.1. The lowest BCUT2D eigenvalue weighted by Gasteiger charge is -2.27. The number of thiophene rings is 1. The van der Waals surface area contributed by atoms with Gasteiger partial charge in [0, 0.05) is 23.3 Å². The lowest BCUT2D eigenvalue weighted by Crippen LogP contribution is -2.42. The first kappa shape index (κ1) is 15.0. The highest BCUT2D eigenvalue weighted by Gasteiger charge is 2.35. The van der Waals surface area contributed by atoms with Crippen LogP contribution in [0.25, 0.3) is 0 Å². The van der Waals surface area contributed by atoms with Gasteiger partial charge in [-0.3, -0.25) is 9.59 Å². The summed E-state index contributed by atoms with van der Waals surface area (Å²) in [5.74, 6) is 0.166. The van der Waals surface area contributed by atoms with Gasteiger partial charge in [0.25, 0.3) is 0 Å². The Hall–Kier alpha value is -1.36. The molecule has 2 amide bonds. The van der Waals surface area contributed by atoms with Crippen LogP contribution in [0, 0.1) is 0 Å². The first-order chi connectivity index (χ1) is 9.54. The Labute approximate surface area is 124 Å². The van der Waals surface area contributed by atoms with Crippen LogP contribution in [0.15, 0.2) is 17.5 Å². The zero-order valence-electron chi connectivity index (χ0n) is 12.1. The number of rotatable bonds is 6. The Balaban J connectivity index is 1.81. The van der Waals surface area contributed by atoms with Crippen molar-refractivity contribution in [1.29, 1.82) is 0 Å². The molecule has 1 saturated heterocycles. The standard InChI is InChI=1S/C15H22N2O2S/c1-3-15(9-7-14(19)17-15)8-6-13(18)16-11(2)12-5-4-10-20-12/h4-5,10-11H,3,6-9H2,1-2H3,(H,16,18)(H,17,19). The lowest BCUT2D eigenvalue weighted by atomic mass is 9.89. The highest BCUT2D eigenvalue weighted by Crippen LogP contribution is 2.28. The van der Waals surface area contributed by atoms with E-state index in [2.05, 4.69) is 17.6 Å². The molecule has 2 atom stereocenters. The third-order valence-corrected chi connectivity index (χ3v) is 5.15. The molecule has 1 aromatic heterocycles. The van der Waals surface area contributed by atoms with Gasteiger partial charge < -0.3 is 10.6 Å². The minimum atomic E-state index is -0.166. The average Bonchev–Trinajstić information content (AvgIpc) is 3.06. The second kappa shape index (κ2) is 6.39. The Kier molecular flexibility index (Phi) is 4.81. The van der Waals surface area contributed by atoms with E-state index in [1.54, 1.807) is 11.3 Å². The predicted octanol–water partition coefficient (Wildman–Crippen LogP) is 2.76. The van der Waals surface area contributed by atoms with E-state index in [1.807, 2.05) is 24.4 Å². The molecule has 110 valence electrons. The van der Waals surface area contributed by atoms with Crippen molar-refractivity contribution in [3.8, 4) is 0 Å². The first-order valence-corrected chi connectivity index (χ1v) is 8.06. The molecule has 2 unspecified atom stereocenters. The molecule has 5 heteroatoms. The fraction of sp³-hybridized carbons (Fsp3) is 0.600. The minimum absolute atomic E-state index is 0.0539. The zero-order valence-corrected chi connectivity index (χ0v) is 12.9. The van der Waals surface area contributed by atoms with Crippen LogP contribution in [-0.2, 0) is 9.59 Å². The number of amides is 2. The van der Waals surface area contributed by atoms with Crippen LogP contribution in [0.5, 0.6) is 0 Å². The quantitative estimate of drug-likeness (QED) is 0.847. The van der Waals surface area contributed by atoms with Crippen molar-refractivity contribution >= 4 is 23.2 Å². The van der Waals surface area contributed by atoms with Crippen molar-refractivity contribution in [3.05, 3.63) is 22.4 Å². The van der Waals surface area contributed by atoms with Crippen molar-refractivity contribution in [2.75, 3.05) is 0 Å². The van der Waals surface area contributed by atoms with E-state index >= 15 is 0 Å². The Morgan fingerprint density at radius 3 is 2.95 bits per heavy atom. The largest absolute Gasteiger partial charge is 0.351 e. The van der Waals surface area contributed by atoms with Crippen LogP contribution >= 0.6 is 11.3 Å². The van der Waals surface area contributed by atoms with Gasteiger partial charge in [-0.15, -0.1) is 11.3 Å². The molecule has 0 saturated carbocycles. The lowest BCUT2D eigenvalue weighted by molar-refractivity contribution is -0.123. The number of hydrogen-bond donors (Lipinski definition) is 2. The van der Waals surface area contributed by atoms with Crippen LogP contribution in [0.2, 0.25) is 0 Å². The molecule has 2 N–H and O–H groups in total. The van der Waals surface area contributed by atoms with E-state index in [1.165, 1.54) is 0 Å². The van der Waals surface area contributed by atoms with Crippen molar-refractivity contribution in [1.82, 2.24) is 10.6 Å². The maximum absolute atomic E-state index is 12.0. The summed E-state index contributed by atoms with van der Waals surface area (Å²) >= 11 is 1.65. The topological polar surface area (TPSA) is 58.2 Å². The summed E-state index contributed by atoms with van der Waals surface area (Å²) in [5, 5.41) is 8.07. The van der Waals surface area contributed by atoms with Crippen molar-refractivity contribution < 1.29 is 9.59 Å². The van der Waals surface area contributed by atoms with E-state index in [9.17, 15) is 9.59 Å². The maximum Gasteiger partial charge on any atom is 0.220 e. The molecule has 0 radical (unpaired) electrons. The fourth-order valence-electron chi connectivity index (χ4n) is 2.68.